The first-order valence-electron chi connectivity index (χ1n) is 8.45. The second kappa shape index (κ2) is 8.62. The molecular formula is C19H22O7. The lowest BCUT2D eigenvalue weighted by molar-refractivity contribution is -0.358. The van der Waals surface area contributed by atoms with E-state index in [0.717, 1.165) is 5.56 Å². The van der Waals surface area contributed by atoms with Crippen LogP contribution in [0.4, 0.5) is 0 Å². The van der Waals surface area contributed by atoms with Gasteiger partial charge >= 0.3 is 5.97 Å². The predicted molar refractivity (Wildman–Crippen MR) is 89.6 cm³/mol. The molecular weight excluding hydrogens is 340 g/mol. The lowest BCUT2D eigenvalue weighted by Gasteiger charge is -2.47. The number of fused-ring (bicyclic) bond motifs is 1. The summed E-state index contributed by atoms with van der Waals surface area (Å²) in [5, 5.41) is 10.5. The van der Waals surface area contributed by atoms with Crippen molar-refractivity contribution in [2.24, 2.45) is 0 Å². The highest BCUT2D eigenvalue weighted by molar-refractivity contribution is 5.70. The van der Waals surface area contributed by atoms with Gasteiger partial charge in [0.05, 0.1) is 13.0 Å². The number of carbonyl (C=O) groups excluding carboxylic acids is 1. The van der Waals surface area contributed by atoms with E-state index in [1.807, 2.05) is 30.3 Å². The van der Waals surface area contributed by atoms with Gasteiger partial charge < -0.3 is 28.8 Å². The van der Waals surface area contributed by atoms with Crippen LogP contribution in [0.5, 0.6) is 0 Å². The molecule has 1 aromatic carbocycles. The van der Waals surface area contributed by atoms with E-state index in [4.69, 9.17) is 30.1 Å². The van der Waals surface area contributed by atoms with Gasteiger partial charge in [0.1, 0.15) is 18.3 Å². The van der Waals surface area contributed by atoms with Gasteiger partial charge in [0.25, 0.3) is 0 Å². The molecule has 2 aliphatic heterocycles. The van der Waals surface area contributed by atoms with Crippen LogP contribution in [0.1, 0.15) is 24.7 Å². The second-order valence-corrected chi connectivity index (χ2v) is 6.10. The fourth-order valence-corrected chi connectivity index (χ4v) is 3.06. The monoisotopic (exact) mass is 362 g/mol. The van der Waals surface area contributed by atoms with E-state index in [1.165, 1.54) is 7.11 Å². The van der Waals surface area contributed by atoms with Gasteiger partial charge in [-0.05, 0) is 0 Å². The summed E-state index contributed by atoms with van der Waals surface area (Å²) in [5.74, 6) is 1.88. The molecule has 6 atom stereocenters. The number of terminal acetylenes is 1. The second-order valence-electron chi connectivity index (χ2n) is 6.10. The zero-order valence-electron chi connectivity index (χ0n) is 14.4. The van der Waals surface area contributed by atoms with Crippen molar-refractivity contribution in [2.45, 2.75) is 49.8 Å². The van der Waals surface area contributed by atoms with E-state index < -0.39 is 43.0 Å². The van der Waals surface area contributed by atoms with Crippen molar-refractivity contribution in [3.8, 4) is 12.3 Å². The van der Waals surface area contributed by atoms with Crippen LogP contribution in [0.3, 0.4) is 0 Å². The Morgan fingerprint density at radius 1 is 1.35 bits per heavy atom. The number of rotatable bonds is 5. The standard InChI is InChI=1S/C19H22O7/c1-3-4-10-14(20)25-17-15(21)19(22-2)24-13-11-23-18(26-16(13)17)12-8-6-5-7-9-12/h1,5-9,13,15-19,21H,4,10-11H2,2H3/t13-,15-,16-,17-,18?,19+/m1/s1. The molecule has 1 N–H and O–H groups in total. The van der Waals surface area contributed by atoms with Crippen LogP contribution < -0.4 is 0 Å². The normalized spacial score (nSPS) is 33.7. The fraction of sp³-hybridized carbons (Fsp3) is 0.526. The lowest BCUT2D eigenvalue weighted by atomic mass is 9.97. The third-order valence-corrected chi connectivity index (χ3v) is 4.35. The first kappa shape index (κ1) is 18.8. The van der Waals surface area contributed by atoms with Crippen molar-refractivity contribution in [1.82, 2.24) is 0 Å². The van der Waals surface area contributed by atoms with Gasteiger partial charge in [-0.25, -0.2) is 0 Å². The SMILES string of the molecule is C#CCCC(=O)O[C@@H]1[C@@H](O)[C@@H](OC)O[C@@H]2COC(c3ccccc3)O[C@@H]12. The quantitative estimate of drug-likeness (QED) is 0.622. The van der Waals surface area contributed by atoms with E-state index in [0.29, 0.717) is 0 Å². The number of benzene rings is 1. The summed E-state index contributed by atoms with van der Waals surface area (Å²) in [7, 11) is 1.41. The third-order valence-electron chi connectivity index (χ3n) is 4.35. The average molecular weight is 362 g/mol. The number of ether oxygens (including phenoxy) is 5. The van der Waals surface area contributed by atoms with E-state index in [9.17, 15) is 9.90 Å². The van der Waals surface area contributed by atoms with Crippen molar-refractivity contribution >= 4 is 5.97 Å². The molecule has 7 heteroatoms. The molecule has 2 aliphatic rings. The van der Waals surface area contributed by atoms with Crippen LogP contribution in [0.2, 0.25) is 0 Å². The largest absolute Gasteiger partial charge is 0.456 e. The molecule has 1 aromatic rings. The van der Waals surface area contributed by atoms with Crippen LogP contribution in [0.15, 0.2) is 30.3 Å². The first-order valence-corrected chi connectivity index (χ1v) is 8.45. The molecule has 0 aliphatic carbocycles. The van der Waals surface area contributed by atoms with Gasteiger partial charge in [0, 0.05) is 19.1 Å². The topological polar surface area (TPSA) is 83.5 Å². The van der Waals surface area contributed by atoms with Crippen molar-refractivity contribution in [3.63, 3.8) is 0 Å². The minimum absolute atomic E-state index is 0.0637. The molecule has 3 rings (SSSR count). The maximum absolute atomic E-state index is 12.0. The molecule has 0 amide bonds. The zero-order chi connectivity index (χ0) is 18.5. The maximum Gasteiger partial charge on any atom is 0.307 e. The molecule has 2 heterocycles. The smallest absolute Gasteiger partial charge is 0.307 e. The number of aliphatic hydroxyl groups is 1. The molecule has 2 saturated heterocycles. The minimum Gasteiger partial charge on any atom is -0.456 e. The third kappa shape index (κ3) is 4.06. The molecule has 0 aromatic heterocycles. The Hall–Kier alpha value is -1.95. The van der Waals surface area contributed by atoms with Gasteiger partial charge in [-0.2, -0.15) is 0 Å². The number of hydrogen-bond donors (Lipinski definition) is 1. The highest BCUT2D eigenvalue weighted by Gasteiger charge is 2.51. The molecule has 7 nitrogen and oxygen atoms in total. The lowest BCUT2D eigenvalue weighted by Crippen LogP contribution is -2.63. The summed E-state index contributed by atoms with van der Waals surface area (Å²) in [6, 6.07) is 9.38. The first-order chi connectivity index (χ1) is 12.6. The van der Waals surface area contributed by atoms with E-state index in [1.54, 1.807) is 0 Å². The number of hydrogen-bond acceptors (Lipinski definition) is 7. The number of aliphatic hydroxyl groups excluding tert-OH is 1. The van der Waals surface area contributed by atoms with Crippen LogP contribution in [0, 0.1) is 12.3 Å². The summed E-state index contributed by atoms with van der Waals surface area (Å²) in [5.41, 5.74) is 0.826. The fourth-order valence-electron chi connectivity index (χ4n) is 3.06. The van der Waals surface area contributed by atoms with Gasteiger partial charge in [-0.1, -0.05) is 30.3 Å². The summed E-state index contributed by atoms with van der Waals surface area (Å²) in [6.07, 6.45) is 0.566. The van der Waals surface area contributed by atoms with E-state index in [-0.39, 0.29) is 19.4 Å². The number of methoxy groups -OCH3 is 1. The average Bonchev–Trinajstić information content (AvgIpc) is 2.68. The van der Waals surface area contributed by atoms with E-state index in [2.05, 4.69) is 5.92 Å². The summed E-state index contributed by atoms with van der Waals surface area (Å²) < 4.78 is 28.0. The van der Waals surface area contributed by atoms with Crippen molar-refractivity contribution in [2.75, 3.05) is 13.7 Å². The molecule has 0 radical (unpaired) electrons. The molecule has 0 saturated carbocycles. The number of esters is 1. The molecule has 1 unspecified atom stereocenters. The van der Waals surface area contributed by atoms with E-state index >= 15 is 0 Å². The maximum atomic E-state index is 12.0. The van der Waals surface area contributed by atoms with Gasteiger partial charge in [-0.3, -0.25) is 4.79 Å². The predicted octanol–water partition coefficient (Wildman–Crippen LogP) is 1.16. The Morgan fingerprint density at radius 3 is 2.81 bits per heavy atom. The highest BCUT2D eigenvalue weighted by atomic mass is 16.8. The Balaban J connectivity index is 1.76. The molecule has 26 heavy (non-hydrogen) atoms. The van der Waals surface area contributed by atoms with Crippen molar-refractivity contribution < 1.29 is 33.6 Å². The minimum atomic E-state index is -1.19. The van der Waals surface area contributed by atoms with Crippen LogP contribution >= 0.6 is 0 Å². The molecule has 2 fully saturated rings. The Kier molecular flexibility index (Phi) is 6.25. The number of carbonyl (C=O) groups is 1. The zero-order valence-corrected chi connectivity index (χ0v) is 14.4. The summed E-state index contributed by atoms with van der Waals surface area (Å²) in [4.78, 5) is 12.0. The van der Waals surface area contributed by atoms with Crippen LogP contribution in [0.25, 0.3) is 0 Å². The van der Waals surface area contributed by atoms with Crippen LogP contribution in [-0.2, 0) is 28.5 Å². The highest BCUT2D eigenvalue weighted by Crippen LogP contribution is 2.35. The van der Waals surface area contributed by atoms with Crippen LogP contribution in [-0.4, -0.2) is 55.5 Å². The Bertz CT molecular complexity index is 641. The summed E-state index contributed by atoms with van der Waals surface area (Å²) >= 11 is 0. The van der Waals surface area contributed by atoms with Crippen molar-refractivity contribution in [1.29, 1.82) is 0 Å². The Morgan fingerprint density at radius 2 is 2.12 bits per heavy atom. The molecule has 0 bridgehead atoms. The van der Waals surface area contributed by atoms with Gasteiger partial charge in [0.2, 0.25) is 0 Å². The summed E-state index contributed by atoms with van der Waals surface area (Å²) in [6.45, 7) is 0.217. The van der Waals surface area contributed by atoms with Gasteiger partial charge in [0.15, 0.2) is 18.7 Å². The molecule has 0 spiro atoms. The molecule has 140 valence electrons. The Labute approximate surface area is 152 Å². The van der Waals surface area contributed by atoms with Crippen molar-refractivity contribution in [3.05, 3.63) is 35.9 Å². The van der Waals surface area contributed by atoms with Gasteiger partial charge in [-0.15, -0.1) is 12.3 Å².